The van der Waals surface area contributed by atoms with Crippen molar-refractivity contribution in [3.8, 4) is 0 Å². The van der Waals surface area contributed by atoms with E-state index in [9.17, 15) is 0 Å². The highest BCUT2D eigenvalue weighted by atomic mass is 79.9. The minimum absolute atomic E-state index is 0.994. The summed E-state index contributed by atoms with van der Waals surface area (Å²) in [5, 5.41) is 6.78. The molecule has 1 saturated heterocycles. The lowest BCUT2D eigenvalue weighted by atomic mass is 10.1. The van der Waals surface area contributed by atoms with Crippen molar-refractivity contribution in [3.05, 3.63) is 75.8 Å². The lowest BCUT2D eigenvalue weighted by Gasteiger charge is -2.30. The Morgan fingerprint density at radius 3 is 2.44 bits per heavy atom. The predicted octanol–water partition coefficient (Wildman–Crippen LogP) is 3.12. The van der Waals surface area contributed by atoms with Crippen LogP contribution < -0.4 is 4.90 Å². The van der Waals surface area contributed by atoms with Crippen LogP contribution in [0.1, 0.15) is 16.7 Å². The third-order valence-electron chi connectivity index (χ3n) is 4.47. The number of allylic oxidation sites excluding steroid dienone is 1. The van der Waals surface area contributed by atoms with Crippen LogP contribution in [0, 0.1) is 6.92 Å². The first kappa shape index (κ1) is 17.9. The molecule has 130 valence electrons. The molecule has 3 rings (SSSR count). The molecule has 1 heterocycles. The van der Waals surface area contributed by atoms with Gasteiger partial charge in [-0.2, -0.15) is 5.10 Å². The van der Waals surface area contributed by atoms with Crippen LogP contribution in [0.4, 0.5) is 0 Å². The molecule has 2 aromatic carbocycles. The fourth-order valence-corrected chi connectivity index (χ4v) is 3.34. The fourth-order valence-electron chi connectivity index (χ4n) is 2.98. The molecule has 0 bridgehead atoms. The Kier molecular flexibility index (Phi) is 6.42. The molecule has 1 fully saturated rings. The molecule has 1 aliphatic heterocycles. The Hall–Kier alpha value is -1.91. The fraction of sp³-hybridized carbons (Fsp3) is 0.286. The number of halogens is 1. The minimum Gasteiger partial charge on any atom is -0.328 e. The van der Waals surface area contributed by atoms with Gasteiger partial charge in [0.2, 0.25) is 0 Å². The Labute approximate surface area is 158 Å². The second-order valence-electron chi connectivity index (χ2n) is 6.55. The summed E-state index contributed by atoms with van der Waals surface area (Å²) in [5.41, 5.74) is 3.92. The van der Waals surface area contributed by atoms with E-state index in [1.54, 1.807) is 4.90 Å². The molecular weight excluding hydrogens is 374 g/mol. The van der Waals surface area contributed by atoms with Crippen molar-refractivity contribution < 1.29 is 4.90 Å². The minimum atomic E-state index is 0.994. The van der Waals surface area contributed by atoms with Gasteiger partial charge in [-0.3, -0.25) is 5.01 Å². The van der Waals surface area contributed by atoms with E-state index in [4.69, 9.17) is 0 Å². The van der Waals surface area contributed by atoms with Gasteiger partial charge in [-0.25, -0.2) is 0 Å². The maximum atomic E-state index is 4.61. The zero-order valence-electron chi connectivity index (χ0n) is 14.7. The third-order valence-corrected chi connectivity index (χ3v) is 4.90. The summed E-state index contributed by atoms with van der Waals surface area (Å²) >= 11 is 3.58. The van der Waals surface area contributed by atoms with Gasteiger partial charge in [0.15, 0.2) is 0 Å². The molecule has 2 aromatic rings. The van der Waals surface area contributed by atoms with Crippen LogP contribution in [0.2, 0.25) is 0 Å². The van der Waals surface area contributed by atoms with Crippen LogP contribution in [-0.4, -0.2) is 37.4 Å². The van der Waals surface area contributed by atoms with E-state index in [1.165, 1.54) is 16.7 Å². The van der Waals surface area contributed by atoms with Gasteiger partial charge >= 0.3 is 0 Å². The summed E-state index contributed by atoms with van der Waals surface area (Å²) in [6.45, 7) is 7.51. The second kappa shape index (κ2) is 8.97. The highest BCUT2D eigenvalue weighted by molar-refractivity contribution is 9.12. The van der Waals surface area contributed by atoms with Crippen molar-refractivity contribution >= 4 is 28.2 Å². The average Bonchev–Trinajstić information content (AvgIpc) is 2.64. The van der Waals surface area contributed by atoms with Crippen molar-refractivity contribution in [2.24, 2.45) is 5.10 Å². The standard InChI is InChI=1S/C21H24BrN3/c1-18-7-9-20(10-8-18)17-24-11-13-25(14-12-24)23-16-21(22)15-19-5-3-2-4-6-19/h2-10,15-16H,11-14,17H2,1H3/p+1/b21-15-,23-16-. The molecule has 1 aliphatic rings. The number of nitrogens with zero attached hydrogens (tertiary/aromatic N) is 2. The summed E-state index contributed by atoms with van der Waals surface area (Å²) < 4.78 is 0.994. The maximum Gasteiger partial charge on any atom is 0.103 e. The summed E-state index contributed by atoms with van der Waals surface area (Å²) in [7, 11) is 0. The quantitative estimate of drug-likeness (QED) is 0.766. The first-order chi connectivity index (χ1) is 12.2. The second-order valence-corrected chi connectivity index (χ2v) is 7.47. The number of hydrogen-bond donors (Lipinski definition) is 1. The van der Waals surface area contributed by atoms with Gasteiger partial charge in [-0.1, -0.05) is 60.2 Å². The number of hydrazone groups is 1. The van der Waals surface area contributed by atoms with E-state index in [2.05, 4.69) is 75.4 Å². The topological polar surface area (TPSA) is 20.0 Å². The van der Waals surface area contributed by atoms with Crippen LogP contribution in [0.15, 0.2) is 64.2 Å². The van der Waals surface area contributed by atoms with Crippen LogP contribution >= 0.6 is 15.9 Å². The number of rotatable bonds is 5. The van der Waals surface area contributed by atoms with Gasteiger partial charge < -0.3 is 4.90 Å². The van der Waals surface area contributed by atoms with E-state index in [1.807, 2.05) is 24.4 Å². The highest BCUT2D eigenvalue weighted by Gasteiger charge is 2.18. The molecule has 1 N–H and O–H groups in total. The van der Waals surface area contributed by atoms with Crippen molar-refractivity contribution in [2.75, 3.05) is 26.2 Å². The number of piperazine rings is 1. The number of nitrogens with one attached hydrogen (secondary N) is 1. The normalized spacial score (nSPS) is 16.6. The van der Waals surface area contributed by atoms with Crippen molar-refractivity contribution in [3.63, 3.8) is 0 Å². The van der Waals surface area contributed by atoms with E-state index >= 15 is 0 Å². The molecule has 0 atom stereocenters. The molecule has 0 amide bonds. The first-order valence-electron chi connectivity index (χ1n) is 8.79. The molecule has 3 nitrogen and oxygen atoms in total. The van der Waals surface area contributed by atoms with Crippen molar-refractivity contribution in [2.45, 2.75) is 13.5 Å². The highest BCUT2D eigenvalue weighted by Crippen LogP contribution is 2.10. The lowest BCUT2D eigenvalue weighted by molar-refractivity contribution is -0.918. The Balaban J connectivity index is 1.47. The molecule has 0 radical (unpaired) electrons. The summed E-state index contributed by atoms with van der Waals surface area (Å²) in [5.74, 6) is 0. The lowest BCUT2D eigenvalue weighted by Crippen LogP contribution is -3.13. The summed E-state index contributed by atoms with van der Waals surface area (Å²) in [4.78, 5) is 1.63. The van der Waals surface area contributed by atoms with Crippen LogP contribution in [0.5, 0.6) is 0 Å². The zero-order valence-corrected chi connectivity index (χ0v) is 16.2. The average molecular weight is 399 g/mol. The Morgan fingerprint density at radius 2 is 1.76 bits per heavy atom. The van der Waals surface area contributed by atoms with Crippen molar-refractivity contribution in [1.29, 1.82) is 0 Å². The van der Waals surface area contributed by atoms with E-state index in [0.717, 1.165) is 37.2 Å². The van der Waals surface area contributed by atoms with Gasteiger partial charge in [-0.15, -0.1) is 0 Å². The number of quaternary nitrogens is 1. The monoisotopic (exact) mass is 398 g/mol. The van der Waals surface area contributed by atoms with E-state index in [-0.39, 0.29) is 0 Å². The van der Waals surface area contributed by atoms with Gasteiger partial charge in [0.1, 0.15) is 6.54 Å². The van der Waals surface area contributed by atoms with Crippen LogP contribution in [-0.2, 0) is 6.54 Å². The molecule has 0 unspecified atom stereocenters. The maximum absolute atomic E-state index is 4.61. The van der Waals surface area contributed by atoms with E-state index < -0.39 is 0 Å². The van der Waals surface area contributed by atoms with Crippen LogP contribution in [0.3, 0.4) is 0 Å². The first-order valence-corrected chi connectivity index (χ1v) is 9.58. The number of hydrogen-bond acceptors (Lipinski definition) is 2. The molecule has 4 heteroatoms. The SMILES string of the molecule is Cc1ccc(C[NH+]2CCN(/N=C\C(Br)=C\c3ccccc3)CC2)cc1. The number of aryl methyl sites for hydroxylation is 1. The molecular formula is C21H25BrN3+. The molecule has 0 aromatic heterocycles. The Morgan fingerprint density at radius 1 is 1.08 bits per heavy atom. The molecule has 0 aliphatic carbocycles. The van der Waals surface area contributed by atoms with E-state index in [0.29, 0.717) is 0 Å². The Bertz CT molecular complexity index is 715. The summed E-state index contributed by atoms with van der Waals surface area (Å²) in [6.07, 6.45) is 3.99. The molecule has 0 spiro atoms. The third kappa shape index (κ3) is 5.83. The molecule has 0 saturated carbocycles. The van der Waals surface area contributed by atoms with Gasteiger partial charge in [0.05, 0.1) is 32.4 Å². The molecule has 25 heavy (non-hydrogen) atoms. The van der Waals surface area contributed by atoms with Crippen molar-refractivity contribution in [1.82, 2.24) is 5.01 Å². The van der Waals surface area contributed by atoms with Gasteiger partial charge in [-0.05, 0) is 34.5 Å². The summed E-state index contributed by atoms with van der Waals surface area (Å²) in [6, 6.07) is 19.2. The zero-order chi connectivity index (χ0) is 17.5. The predicted molar refractivity (Wildman–Crippen MR) is 109 cm³/mol. The largest absolute Gasteiger partial charge is 0.328 e. The smallest absolute Gasteiger partial charge is 0.103 e. The van der Waals surface area contributed by atoms with Gasteiger partial charge in [0, 0.05) is 10.0 Å². The number of benzene rings is 2. The van der Waals surface area contributed by atoms with Crippen LogP contribution in [0.25, 0.3) is 6.08 Å². The van der Waals surface area contributed by atoms with Gasteiger partial charge in [0.25, 0.3) is 0 Å².